The number of esters is 1. The lowest BCUT2D eigenvalue weighted by Crippen LogP contribution is -2.09. The summed E-state index contributed by atoms with van der Waals surface area (Å²) < 4.78 is 20.4. The Morgan fingerprint density at radius 3 is 2.45 bits per heavy atom. The lowest BCUT2D eigenvalue weighted by Gasteiger charge is -2.09. The van der Waals surface area contributed by atoms with Gasteiger partial charge in [0, 0.05) is 24.0 Å². The van der Waals surface area contributed by atoms with Crippen LogP contribution in [0.5, 0.6) is 0 Å². The smallest absolute Gasteiger partial charge is 0.340 e. The number of hydrogen-bond acceptors (Lipinski definition) is 2. The fraction of sp³-hybridized carbons (Fsp3) is 0.389. The Morgan fingerprint density at radius 2 is 1.91 bits per heavy atom. The minimum absolute atomic E-state index is 0.292. The number of nitrogens with zero attached hydrogens (tertiary/aromatic N) is 1. The fourth-order valence-corrected chi connectivity index (χ4v) is 2.55. The summed E-state index contributed by atoms with van der Waals surface area (Å²) in [5.41, 5.74) is 3.05. The van der Waals surface area contributed by atoms with E-state index in [1.807, 2.05) is 13.1 Å². The van der Waals surface area contributed by atoms with Crippen LogP contribution < -0.4 is 0 Å². The number of halogens is 1. The summed E-state index contributed by atoms with van der Waals surface area (Å²) in [6.07, 6.45) is 1.95. The van der Waals surface area contributed by atoms with E-state index in [0.717, 1.165) is 23.4 Å². The molecule has 1 aromatic carbocycles. The number of aromatic nitrogens is 1. The van der Waals surface area contributed by atoms with Crippen LogP contribution in [0, 0.1) is 18.7 Å². The van der Waals surface area contributed by atoms with E-state index >= 15 is 0 Å². The fourth-order valence-electron chi connectivity index (χ4n) is 2.55. The van der Waals surface area contributed by atoms with Gasteiger partial charge in [0.1, 0.15) is 5.82 Å². The predicted molar refractivity (Wildman–Crippen MR) is 85.4 cm³/mol. The highest BCUT2D eigenvalue weighted by Gasteiger charge is 2.21. The van der Waals surface area contributed by atoms with Crippen LogP contribution in [0.2, 0.25) is 0 Å². The Balaban J connectivity index is 2.54. The highest BCUT2D eigenvalue weighted by molar-refractivity contribution is 5.98. The van der Waals surface area contributed by atoms with Crippen molar-refractivity contribution < 1.29 is 13.9 Å². The molecule has 3 nitrogen and oxygen atoms in total. The normalized spacial score (nSPS) is 11.0. The molecule has 2 aromatic rings. The molecule has 22 heavy (non-hydrogen) atoms. The Hall–Kier alpha value is -2.10. The summed E-state index contributed by atoms with van der Waals surface area (Å²) in [6, 6.07) is 6.18. The molecule has 0 aliphatic rings. The summed E-state index contributed by atoms with van der Waals surface area (Å²) in [4.78, 5) is 12.3. The molecular weight excluding hydrogens is 281 g/mol. The van der Waals surface area contributed by atoms with Crippen molar-refractivity contribution in [2.24, 2.45) is 5.92 Å². The molecule has 0 atom stereocenters. The van der Waals surface area contributed by atoms with E-state index < -0.39 is 0 Å². The topological polar surface area (TPSA) is 31.2 Å². The van der Waals surface area contributed by atoms with Crippen LogP contribution in [0.4, 0.5) is 4.39 Å². The zero-order valence-electron chi connectivity index (χ0n) is 13.5. The zero-order chi connectivity index (χ0) is 16.3. The first kappa shape index (κ1) is 16.3. The van der Waals surface area contributed by atoms with Gasteiger partial charge in [-0.15, -0.1) is 0 Å². The van der Waals surface area contributed by atoms with E-state index in [2.05, 4.69) is 18.4 Å². The summed E-state index contributed by atoms with van der Waals surface area (Å²) in [7, 11) is 0. The van der Waals surface area contributed by atoms with E-state index in [-0.39, 0.29) is 11.8 Å². The molecule has 118 valence electrons. The van der Waals surface area contributed by atoms with Gasteiger partial charge in [0.25, 0.3) is 0 Å². The molecule has 0 aliphatic heterocycles. The third-order valence-corrected chi connectivity index (χ3v) is 3.54. The first-order valence-electron chi connectivity index (χ1n) is 7.56. The van der Waals surface area contributed by atoms with E-state index in [0.29, 0.717) is 18.1 Å². The van der Waals surface area contributed by atoms with Gasteiger partial charge in [0.2, 0.25) is 0 Å². The summed E-state index contributed by atoms with van der Waals surface area (Å²) >= 11 is 0. The molecule has 1 aromatic heterocycles. The Labute approximate surface area is 130 Å². The Kier molecular flexibility index (Phi) is 5.01. The number of benzene rings is 1. The van der Waals surface area contributed by atoms with Crippen LogP contribution in [0.3, 0.4) is 0 Å². The summed E-state index contributed by atoms with van der Waals surface area (Å²) in [5, 5.41) is 0. The van der Waals surface area contributed by atoms with Crippen LogP contribution in [0.1, 0.15) is 36.8 Å². The van der Waals surface area contributed by atoms with Crippen molar-refractivity contribution in [2.75, 3.05) is 6.61 Å². The first-order chi connectivity index (χ1) is 10.4. The lowest BCUT2D eigenvalue weighted by atomic mass is 10.0. The van der Waals surface area contributed by atoms with Gasteiger partial charge in [-0.3, -0.25) is 0 Å². The molecule has 1 heterocycles. The average molecular weight is 303 g/mol. The Bertz CT molecular complexity index is 656. The maximum atomic E-state index is 13.1. The third kappa shape index (κ3) is 3.38. The van der Waals surface area contributed by atoms with E-state index in [4.69, 9.17) is 4.74 Å². The van der Waals surface area contributed by atoms with Crippen molar-refractivity contribution in [3.63, 3.8) is 0 Å². The van der Waals surface area contributed by atoms with Gasteiger partial charge >= 0.3 is 5.97 Å². The van der Waals surface area contributed by atoms with Gasteiger partial charge in [-0.1, -0.05) is 26.0 Å². The average Bonchev–Trinajstić information content (AvgIpc) is 2.76. The van der Waals surface area contributed by atoms with Gasteiger partial charge in [0.15, 0.2) is 0 Å². The molecule has 0 unspecified atom stereocenters. The molecule has 0 saturated carbocycles. The molecule has 0 spiro atoms. The second-order valence-corrected chi connectivity index (χ2v) is 5.78. The summed E-state index contributed by atoms with van der Waals surface area (Å²) in [6.45, 7) is 9.11. The molecule has 2 rings (SSSR count). The highest BCUT2D eigenvalue weighted by Crippen LogP contribution is 2.29. The first-order valence-corrected chi connectivity index (χ1v) is 7.56. The van der Waals surface area contributed by atoms with Gasteiger partial charge in [-0.05, 0) is 37.5 Å². The molecule has 0 N–H and O–H groups in total. The minimum atomic E-state index is -0.332. The zero-order valence-corrected chi connectivity index (χ0v) is 13.5. The molecule has 0 saturated heterocycles. The molecular formula is C18H22FNO2. The highest BCUT2D eigenvalue weighted by atomic mass is 19.1. The van der Waals surface area contributed by atoms with E-state index in [1.54, 1.807) is 19.1 Å². The minimum Gasteiger partial charge on any atom is -0.462 e. The maximum absolute atomic E-state index is 13.1. The second kappa shape index (κ2) is 6.77. The number of hydrogen-bond donors (Lipinski definition) is 0. The van der Waals surface area contributed by atoms with Crippen LogP contribution in [0.25, 0.3) is 11.1 Å². The van der Waals surface area contributed by atoms with Crippen LogP contribution >= 0.6 is 0 Å². The number of carbonyl (C=O) groups is 1. The van der Waals surface area contributed by atoms with Crippen LogP contribution in [-0.4, -0.2) is 17.1 Å². The van der Waals surface area contributed by atoms with Crippen molar-refractivity contribution in [2.45, 2.75) is 34.2 Å². The van der Waals surface area contributed by atoms with E-state index in [9.17, 15) is 9.18 Å². The van der Waals surface area contributed by atoms with Crippen LogP contribution in [-0.2, 0) is 11.3 Å². The van der Waals surface area contributed by atoms with Gasteiger partial charge in [0.05, 0.1) is 12.2 Å². The lowest BCUT2D eigenvalue weighted by molar-refractivity contribution is 0.0526. The monoisotopic (exact) mass is 303 g/mol. The quantitative estimate of drug-likeness (QED) is 0.765. The van der Waals surface area contributed by atoms with Crippen molar-refractivity contribution in [1.29, 1.82) is 0 Å². The van der Waals surface area contributed by atoms with Gasteiger partial charge in [-0.25, -0.2) is 9.18 Å². The molecule has 0 aliphatic carbocycles. The number of ether oxygens (including phenoxy) is 1. The SMILES string of the molecule is CCOC(=O)c1c(-c2ccc(F)cc2)cn(CC(C)C)c1C. The van der Waals surface area contributed by atoms with Crippen molar-refractivity contribution in [3.8, 4) is 11.1 Å². The van der Waals surface area contributed by atoms with Gasteiger partial charge < -0.3 is 9.30 Å². The number of rotatable bonds is 5. The maximum Gasteiger partial charge on any atom is 0.340 e. The standard InChI is InChI=1S/C18H22FNO2/c1-5-22-18(21)17-13(4)20(10-12(2)3)11-16(17)14-6-8-15(19)9-7-14/h6-9,11-12H,5,10H2,1-4H3. The van der Waals surface area contributed by atoms with Crippen molar-refractivity contribution in [1.82, 2.24) is 4.57 Å². The van der Waals surface area contributed by atoms with Crippen molar-refractivity contribution in [3.05, 3.63) is 47.5 Å². The second-order valence-electron chi connectivity index (χ2n) is 5.78. The molecule has 0 bridgehead atoms. The van der Waals surface area contributed by atoms with E-state index in [1.165, 1.54) is 12.1 Å². The predicted octanol–water partition coefficient (Wildman–Crippen LogP) is 4.44. The molecule has 0 fully saturated rings. The van der Waals surface area contributed by atoms with Gasteiger partial charge in [-0.2, -0.15) is 0 Å². The molecule has 0 amide bonds. The molecule has 0 radical (unpaired) electrons. The largest absolute Gasteiger partial charge is 0.462 e. The van der Waals surface area contributed by atoms with Crippen LogP contribution in [0.15, 0.2) is 30.5 Å². The Morgan fingerprint density at radius 1 is 1.27 bits per heavy atom. The third-order valence-electron chi connectivity index (χ3n) is 3.54. The number of carbonyl (C=O) groups excluding carboxylic acids is 1. The summed E-state index contributed by atoms with van der Waals surface area (Å²) in [5.74, 6) is -0.163. The molecule has 4 heteroatoms. The van der Waals surface area contributed by atoms with Crippen molar-refractivity contribution >= 4 is 5.97 Å².